The van der Waals surface area contributed by atoms with E-state index in [1.165, 1.54) is 10.9 Å². The maximum absolute atomic E-state index is 13.2. The van der Waals surface area contributed by atoms with Gasteiger partial charge >= 0.3 is 0 Å². The van der Waals surface area contributed by atoms with Crippen LogP contribution >= 0.6 is 15.9 Å². The number of anilines is 1. The third-order valence-electron chi connectivity index (χ3n) is 4.64. The number of nitrogens with zero attached hydrogens (tertiary/aromatic N) is 3. The van der Waals surface area contributed by atoms with Crippen molar-refractivity contribution in [1.82, 2.24) is 9.55 Å². The molecule has 144 valence electrons. The van der Waals surface area contributed by atoms with Gasteiger partial charge in [0.05, 0.1) is 23.8 Å². The fourth-order valence-electron chi connectivity index (χ4n) is 3.17. The van der Waals surface area contributed by atoms with Crippen LogP contribution in [0, 0.1) is 0 Å². The highest BCUT2D eigenvalue weighted by Gasteiger charge is 2.18. The summed E-state index contributed by atoms with van der Waals surface area (Å²) >= 11 is 3.38. The van der Waals surface area contributed by atoms with Crippen LogP contribution in [-0.4, -0.2) is 15.5 Å². The summed E-state index contributed by atoms with van der Waals surface area (Å²) in [6, 6.07) is 24.6. The molecular formula is C23H18BrN3O2. The first-order valence-electron chi connectivity index (χ1n) is 9.16. The monoisotopic (exact) mass is 447 g/mol. The Bertz CT molecular complexity index is 1210. The third-order valence-corrected chi connectivity index (χ3v) is 5.14. The number of halogens is 1. The average Bonchev–Trinajstić information content (AvgIpc) is 2.75. The smallest absolute Gasteiger partial charge is 0.261 e. The van der Waals surface area contributed by atoms with Crippen LogP contribution in [0.5, 0.6) is 0 Å². The zero-order valence-electron chi connectivity index (χ0n) is 15.5. The summed E-state index contributed by atoms with van der Waals surface area (Å²) < 4.78 is 2.15. The first kappa shape index (κ1) is 19.1. The minimum absolute atomic E-state index is 0.0873. The van der Waals surface area contributed by atoms with Crippen LogP contribution in [0.4, 0.5) is 5.69 Å². The van der Waals surface area contributed by atoms with Gasteiger partial charge in [0, 0.05) is 10.2 Å². The van der Waals surface area contributed by atoms with E-state index >= 15 is 0 Å². The van der Waals surface area contributed by atoms with Crippen molar-refractivity contribution < 1.29 is 4.79 Å². The average molecular weight is 448 g/mol. The van der Waals surface area contributed by atoms with Gasteiger partial charge < -0.3 is 4.90 Å². The summed E-state index contributed by atoms with van der Waals surface area (Å²) in [7, 11) is 0. The number of aromatic nitrogens is 2. The van der Waals surface area contributed by atoms with Gasteiger partial charge in [0.15, 0.2) is 0 Å². The minimum atomic E-state index is -0.239. The Hall–Kier alpha value is -3.25. The molecule has 4 rings (SSSR count). The summed E-state index contributed by atoms with van der Waals surface area (Å²) in [4.78, 5) is 32.1. The van der Waals surface area contributed by atoms with E-state index in [4.69, 9.17) is 0 Å². The molecule has 5 nitrogen and oxygen atoms in total. The van der Waals surface area contributed by atoms with E-state index in [2.05, 4.69) is 20.9 Å². The lowest BCUT2D eigenvalue weighted by Gasteiger charge is -2.23. The number of rotatable bonds is 5. The van der Waals surface area contributed by atoms with Crippen LogP contribution in [0.2, 0.25) is 0 Å². The third kappa shape index (κ3) is 4.27. The molecule has 4 aromatic rings. The first-order chi connectivity index (χ1) is 14.1. The van der Waals surface area contributed by atoms with Gasteiger partial charge in [0.25, 0.3) is 5.56 Å². The van der Waals surface area contributed by atoms with E-state index in [0.29, 0.717) is 17.4 Å². The largest absolute Gasteiger partial charge is 0.306 e. The summed E-state index contributed by atoms with van der Waals surface area (Å²) in [5.41, 5.74) is 2.16. The summed E-state index contributed by atoms with van der Waals surface area (Å²) in [6.45, 7) is 0.334. The molecule has 0 bridgehead atoms. The zero-order valence-corrected chi connectivity index (χ0v) is 17.1. The Kier molecular flexibility index (Phi) is 5.53. The molecule has 29 heavy (non-hydrogen) atoms. The minimum Gasteiger partial charge on any atom is -0.306 e. The fraction of sp³-hybridized carbons (Fsp3) is 0.0870. The first-order valence-corrected chi connectivity index (χ1v) is 9.95. The molecule has 0 fully saturated rings. The maximum Gasteiger partial charge on any atom is 0.261 e. The lowest BCUT2D eigenvalue weighted by molar-refractivity contribution is -0.119. The van der Waals surface area contributed by atoms with Gasteiger partial charge in [-0.2, -0.15) is 0 Å². The Labute approximate surface area is 176 Å². The van der Waals surface area contributed by atoms with Crippen LogP contribution in [0.15, 0.2) is 94.5 Å². The maximum atomic E-state index is 13.2. The highest BCUT2D eigenvalue weighted by Crippen LogP contribution is 2.18. The molecule has 1 amide bonds. The number of hydrogen-bond donors (Lipinski definition) is 0. The van der Waals surface area contributed by atoms with Gasteiger partial charge in [0.1, 0.15) is 6.54 Å². The van der Waals surface area contributed by atoms with Gasteiger partial charge in [-0.15, -0.1) is 0 Å². The predicted molar refractivity (Wildman–Crippen MR) is 118 cm³/mol. The number of fused-ring (bicyclic) bond motifs is 1. The lowest BCUT2D eigenvalue weighted by atomic mass is 10.2. The molecule has 0 atom stereocenters. The standard InChI is InChI=1S/C23H18BrN3O2/c24-18-11-12-21-20(13-18)23(29)26(16-25-21)15-22(28)27(19-9-5-2-6-10-19)14-17-7-3-1-4-8-17/h1-13,16H,14-15H2. The lowest BCUT2D eigenvalue weighted by Crippen LogP contribution is -2.36. The van der Waals surface area contributed by atoms with E-state index in [1.807, 2.05) is 66.7 Å². The summed E-state index contributed by atoms with van der Waals surface area (Å²) in [5, 5.41) is 0.476. The van der Waals surface area contributed by atoms with Crippen molar-refractivity contribution in [3.8, 4) is 0 Å². The second-order valence-corrected chi connectivity index (χ2v) is 7.56. The number of amides is 1. The topological polar surface area (TPSA) is 55.2 Å². The number of carbonyl (C=O) groups is 1. The quantitative estimate of drug-likeness (QED) is 0.455. The second kappa shape index (κ2) is 8.41. The van der Waals surface area contributed by atoms with Crippen molar-refractivity contribution in [2.24, 2.45) is 0 Å². The molecule has 1 aromatic heterocycles. The van der Waals surface area contributed by atoms with E-state index in [-0.39, 0.29) is 18.0 Å². The van der Waals surface area contributed by atoms with E-state index < -0.39 is 0 Å². The number of hydrogen-bond acceptors (Lipinski definition) is 3. The molecule has 0 saturated carbocycles. The van der Waals surface area contributed by atoms with Crippen LogP contribution in [0.25, 0.3) is 10.9 Å². The van der Waals surface area contributed by atoms with Crippen LogP contribution in [-0.2, 0) is 17.9 Å². The van der Waals surface area contributed by atoms with Crippen molar-refractivity contribution >= 4 is 38.4 Å². The molecule has 0 unspecified atom stereocenters. The molecule has 1 heterocycles. The second-order valence-electron chi connectivity index (χ2n) is 6.64. The summed E-state index contributed by atoms with van der Waals surface area (Å²) in [6.07, 6.45) is 1.43. The Morgan fingerprint density at radius 3 is 2.38 bits per heavy atom. The highest BCUT2D eigenvalue weighted by molar-refractivity contribution is 9.10. The molecule has 0 aliphatic heterocycles. The Morgan fingerprint density at radius 2 is 1.66 bits per heavy atom. The van der Waals surface area contributed by atoms with Crippen molar-refractivity contribution in [1.29, 1.82) is 0 Å². The molecule has 0 aliphatic rings. The van der Waals surface area contributed by atoms with Crippen molar-refractivity contribution in [2.75, 3.05) is 4.90 Å². The Balaban J connectivity index is 1.67. The van der Waals surface area contributed by atoms with Crippen molar-refractivity contribution in [2.45, 2.75) is 13.1 Å². The predicted octanol–water partition coefficient (Wildman–Crippen LogP) is 4.39. The van der Waals surface area contributed by atoms with Crippen LogP contribution in [0.3, 0.4) is 0 Å². The van der Waals surface area contributed by atoms with Crippen LogP contribution in [0.1, 0.15) is 5.56 Å². The molecule has 0 N–H and O–H groups in total. The molecule has 3 aromatic carbocycles. The fourth-order valence-corrected chi connectivity index (χ4v) is 3.53. The van der Waals surface area contributed by atoms with Gasteiger partial charge in [-0.3, -0.25) is 14.2 Å². The molecule has 0 saturated heterocycles. The molecular weight excluding hydrogens is 430 g/mol. The molecule has 0 spiro atoms. The Morgan fingerprint density at radius 1 is 0.966 bits per heavy atom. The van der Waals surface area contributed by atoms with Gasteiger partial charge in [-0.25, -0.2) is 4.98 Å². The van der Waals surface area contributed by atoms with E-state index in [0.717, 1.165) is 15.7 Å². The van der Waals surface area contributed by atoms with E-state index in [1.54, 1.807) is 17.0 Å². The van der Waals surface area contributed by atoms with Gasteiger partial charge in [0.2, 0.25) is 5.91 Å². The van der Waals surface area contributed by atoms with Gasteiger partial charge in [-0.05, 0) is 35.9 Å². The molecule has 0 aliphatic carbocycles. The van der Waals surface area contributed by atoms with Crippen molar-refractivity contribution in [3.05, 3.63) is 106 Å². The molecule has 0 radical (unpaired) electrons. The van der Waals surface area contributed by atoms with Crippen molar-refractivity contribution in [3.63, 3.8) is 0 Å². The number of benzene rings is 3. The zero-order chi connectivity index (χ0) is 20.2. The SMILES string of the molecule is O=C(Cn1cnc2ccc(Br)cc2c1=O)N(Cc1ccccc1)c1ccccc1. The summed E-state index contributed by atoms with van der Waals surface area (Å²) in [5.74, 6) is -0.182. The number of para-hydroxylation sites is 1. The normalized spacial score (nSPS) is 10.8. The van der Waals surface area contributed by atoms with Gasteiger partial charge in [-0.1, -0.05) is 64.5 Å². The van der Waals surface area contributed by atoms with Crippen LogP contribution < -0.4 is 10.5 Å². The molecule has 6 heteroatoms. The van der Waals surface area contributed by atoms with E-state index in [9.17, 15) is 9.59 Å². The number of carbonyl (C=O) groups excluding carboxylic acids is 1. The highest BCUT2D eigenvalue weighted by atomic mass is 79.9.